The molecule has 0 atom stereocenters. The van der Waals surface area contributed by atoms with Gasteiger partial charge in [-0.05, 0) is 51.0 Å². The van der Waals surface area contributed by atoms with Crippen molar-refractivity contribution < 1.29 is 18.8 Å². The summed E-state index contributed by atoms with van der Waals surface area (Å²) in [6.45, 7) is 6.46. The summed E-state index contributed by atoms with van der Waals surface area (Å²) in [6, 6.07) is 11.2. The third-order valence-corrected chi connectivity index (χ3v) is 7.92. The number of rotatable bonds is 7. The van der Waals surface area contributed by atoms with Crippen LogP contribution in [0.25, 0.3) is 21.7 Å². The Morgan fingerprint density at radius 3 is 2.70 bits per heavy atom. The number of methoxy groups -OCH3 is 1. The van der Waals surface area contributed by atoms with Crippen molar-refractivity contribution in [2.45, 2.75) is 45.3 Å². The second-order valence-corrected chi connectivity index (χ2v) is 11.1. The van der Waals surface area contributed by atoms with Gasteiger partial charge in [0.2, 0.25) is 0 Å². The van der Waals surface area contributed by atoms with Crippen LogP contribution in [0.4, 0.5) is 0 Å². The van der Waals surface area contributed by atoms with Crippen LogP contribution in [-0.4, -0.2) is 63.8 Å². The number of imidazole rings is 1. The SMILES string of the molecule is COC(=O)c1cccc2c1nc(C(=O)NC1CCN(C(C)C)CC1)n2Cc1cc(-c2ccc(Cl)s2)on1. The topological polar surface area (TPSA) is 102 Å². The highest BCUT2D eigenvalue weighted by Gasteiger charge is 2.27. The van der Waals surface area contributed by atoms with E-state index < -0.39 is 5.97 Å². The van der Waals surface area contributed by atoms with Crippen LogP contribution in [0.2, 0.25) is 4.34 Å². The number of para-hydroxylation sites is 1. The zero-order valence-corrected chi connectivity index (χ0v) is 22.4. The normalized spacial score (nSPS) is 14.9. The van der Waals surface area contributed by atoms with E-state index in [0.717, 1.165) is 30.8 Å². The summed E-state index contributed by atoms with van der Waals surface area (Å²) in [7, 11) is 1.32. The minimum atomic E-state index is -0.512. The zero-order chi connectivity index (χ0) is 26.1. The lowest BCUT2D eigenvalue weighted by Gasteiger charge is -2.34. The third kappa shape index (κ3) is 5.27. The molecular weight excluding hydrogens is 514 g/mol. The van der Waals surface area contributed by atoms with E-state index >= 15 is 0 Å². The van der Waals surface area contributed by atoms with E-state index in [1.807, 2.05) is 18.2 Å². The Bertz CT molecular complexity index is 1430. The number of aromatic nitrogens is 3. The highest BCUT2D eigenvalue weighted by Crippen LogP contribution is 2.32. The number of ether oxygens (including phenoxy) is 1. The van der Waals surface area contributed by atoms with Gasteiger partial charge in [0.15, 0.2) is 11.6 Å². The number of likely N-dealkylation sites (tertiary alicyclic amines) is 1. The summed E-state index contributed by atoms with van der Waals surface area (Å²) in [5, 5.41) is 7.37. The second-order valence-electron chi connectivity index (χ2n) is 9.35. The van der Waals surface area contributed by atoms with Crippen LogP contribution in [0.5, 0.6) is 0 Å². The number of thiophene rings is 1. The maximum absolute atomic E-state index is 13.5. The van der Waals surface area contributed by atoms with Crippen molar-refractivity contribution in [2.24, 2.45) is 0 Å². The van der Waals surface area contributed by atoms with Gasteiger partial charge in [-0.25, -0.2) is 9.78 Å². The molecule has 1 saturated heterocycles. The van der Waals surface area contributed by atoms with E-state index in [9.17, 15) is 9.59 Å². The van der Waals surface area contributed by atoms with Crippen LogP contribution in [0.1, 0.15) is 53.4 Å². The maximum atomic E-state index is 13.5. The average molecular weight is 542 g/mol. The van der Waals surface area contributed by atoms with Gasteiger partial charge < -0.3 is 24.0 Å². The van der Waals surface area contributed by atoms with E-state index in [1.165, 1.54) is 18.4 Å². The Kier molecular flexibility index (Phi) is 7.32. The summed E-state index contributed by atoms with van der Waals surface area (Å²) in [6.07, 6.45) is 1.74. The van der Waals surface area contributed by atoms with Gasteiger partial charge in [-0.15, -0.1) is 11.3 Å². The van der Waals surface area contributed by atoms with Crippen LogP contribution in [0.3, 0.4) is 0 Å². The smallest absolute Gasteiger partial charge is 0.340 e. The maximum Gasteiger partial charge on any atom is 0.340 e. The molecule has 3 aromatic heterocycles. The number of nitrogens with one attached hydrogen (secondary N) is 1. The van der Waals surface area contributed by atoms with Crippen molar-refractivity contribution in [1.29, 1.82) is 0 Å². The number of esters is 1. The average Bonchev–Trinajstić information content (AvgIpc) is 3.63. The largest absolute Gasteiger partial charge is 0.465 e. The molecule has 4 aromatic rings. The van der Waals surface area contributed by atoms with Crippen molar-refractivity contribution in [3.63, 3.8) is 0 Å². The molecule has 194 valence electrons. The molecule has 0 unspecified atom stereocenters. The second kappa shape index (κ2) is 10.6. The van der Waals surface area contributed by atoms with Gasteiger partial charge in [-0.3, -0.25) is 4.79 Å². The van der Waals surface area contributed by atoms with Gasteiger partial charge in [0.05, 0.1) is 33.9 Å². The molecule has 9 nitrogen and oxygen atoms in total. The van der Waals surface area contributed by atoms with E-state index in [1.54, 1.807) is 22.8 Å². The monoisotopic (exact) mass is 541 g/mol. The summed E-state index contributed by atoms with van der Waals surface area (Å²) >= 11 is 7.46. The molecule has 1 aromatic carbocycles. The molecule has 1 N–H and O–H groups in total. The number of halogens is 1. The Labute approximate surface area is 223 Å². The number of piperidine rings is 1. The first-order chi connectivity index (χ1) is 17.8. The molecule has 11 heteroatoms. The highest BCUT2D eigenvalue weighted by molar-refractivity contribution is 7.19. The predicted octanol–water partition coefficient (Wildman–Crippen LogP) is 4.84. The lowest BCUT2D eigenvalue weighted by Crippen LogP contribution is -2.47. The molecule has 0 spiro atoms. The Morgan fingerprint density at radius 1 is 1.24 bits per heavy atom. The van der Waals surface area contributed by atoms with Gasteiger partial charge in [0, 0.05) is 31.2 Å². The molecule has 1 fully saturated rings. The lowest BCUT2D eigenvalue weighted by molar-refractivity contribution is 0.0602. The summed E-state index contributed by atoms with van der Waals surface area (Å²) in [5.74, 6) is 0.00109. The molecule has 0 radical (unpaired) electrons. The Balaban J connectivity index is 1.47. The Hall–Kier alpha value is -3.21. The van der Waals surface area contributed by atoms with Gasteiger partial charge in [-0.2, -0.15) is 0 Å². The van der Waals surface area contributed by atoms with Crippen molar-refractivity contribution in [3.05, 3.63) is 57.8 Å². The quantitative estimate of drug-likeness (QED) is 0.334. The molecule has 37 heavy (non-hydrogen) atoms. The van der Waals surface area contributed by atoms with Crippen molar-refractivity contribution >= 4 is 45.8 Å². The van der Waals surface area contributed by atoms with Crippen LogP contribution >= 0.6 is 22.9 Å². The third-order valence-electron chi connectivity index (χ3n) is 6.68. The van der Waals surface area contributed by atoms with Crippen LogP contribution in [0, 0.1) is 0 Å². The fraction of sp³-hybridized carbons (Fsp3) is 0.385. The number of carbonyl (C=O) groups is 2. The molecule has 0 saturated carbocycles. The summed E-state index contributed by atoms with van der Waals surface area (Å²) in [5.41, 5.74) is 1.95. The zero-order valence-electron chi connectivity index (χ0n) is 20.9. The molecule has 0 aliphatic carbocycles. The molecule has 0 bridgehead atoms. The standard InChI is InChI=1S/C26H28ClN5O4S/c1-15(2)31-11-9-16(10-12-31)28-25(33)24-29-23-18(26(34)35-3)5-4-6-19(23)32(24)14-17-13-20(36-30-17)21-7-8-22(27)37-21/h4-8,13,15-16H,9-12,14H2,1-3H3,(H,28,33). The van der Waals surface area contributed by atoms with Gasteiger partial charge in [0.25, 0.3) is 5.91 Å². The molecule has 1 aliphatic rings. The van der Waals surface area contributed by atoms with E-state index in [0.29, 0.717) is 38.4 Å². The summed E-state index contributed by atoms with van der Waals surface area (Å²) in [4.78, 5) is 33.8. The molecule has 1 amide bonds. The fourth-order valence-electron chi connectivity index (χ4n) is 4.68. The number of fused-ring (bicyclic) bond motifs is 1. The molecule has 4 heterocycles. The lowest BCUT2D eigenvalue weighted by atomic mass is 10.0. The first-order valence-corrected chi connectivity index (χ1v) is 13.4. The number of nitrogens with zero attached hydrogens (tertiary/aromatic N) is 4. The first kappa shape index (κ1) is 25.4. The number of amides is 1. The van der Waals surface area contributed by atoms with Crippen LogP contribution in [0.15, 0.2) is 40.9 Å². The van der Waals surface area contributed by atoms with Gasteiger partial charge >= 0.3 is 5.97 Å². The first-order valence-electron chi connectivity index (χ1n) is 12.2. The highest BCUT2D eigenvalue weighted by atomic mass is 35.5. The van der Waals surface area contributed by atoms with E-state index in [2.05, 4.69) is 34.2 Å². The van der Waals surface area contributed by atoms with Crippen LogP contribution in [-0.2, 0) is 11.3 Å². The van der Waals surface area contributed by atoms with E-state index in [4.69, 9.17) is 20.9 Å². The van der Waals surface area contributed by atoms with Gasteiger partial charge in [-0.1, -0.05) is 22.8 Å². The van der Waals surface area contributed by atoms with Crippen molar-refractivity contribution in [3.8, 4) is 10.6 Å². The number of carbonyl (C=O) groups excluding carboxylic acids is 2. The van der Waals surface area contributed by atoms with E-state index in [-0.39, 0.29) is 24.3 Å². The minimum absolute atomic E-state index is 0.0538. The van der Waals surface area contributed by atoms with Crippen LogP contribution < -0.4 is 5.32 Å². The van der Waals surface area contributed by atoms with Crippen molar-refractivity contribution in [1.82, 2.24) is 24.9 Å². The number of hydrogen-bond acceptors (Lipinski definition) is 8. The van der Waals surface area contributed by atoms with Gasteiger partial charge in [0.1, 0.15) is 11.2 Å². The number of hydrogen-bond donors (Lipinski definition) is 1. The number of benzene rings is 1. The molecule has 1 aliphatic heterocycles. The minimum Gasteiger partial charge on any atom is -0.465 e. The summed E-state index contributed by atoms with van der Waals surface area (Å²) < 4.78 is 12.9. The van der Waals surface area contributed by atoms with Crippen molar-refractivity contribution in [2.75, 3.05) is 20.2 Å². The molecular formula is C26H28ClN5O4S. The Morgan fingerprint density at radius 2 is 2.03 bits per heavy atom. The predicted molar refractivity (Wildman–Crippen MR) is 142 cm³/mol. The fourth-order valence-corrected chi connectivity index (χ4v) is 5.67. The molecule has 5 rings (SSSR count).